The summed E-state index contributed by atoms with van der Waals surface area (Å²) in [4.78, 5) is 26.8. The molecule has 0 saturated carbocycles. The molecule has 0 aliphatic heterocycles. The Hall–Kier alpha value is -2.62. The van der Waals surface area contributed by atoms with Gasteiger partial charge in [0.25, 0.3) is 0 Å². The van der Waals surface area contributed by atoms with Crippen molar-refractivity contribution in [3.8, 4) is 11.5 Å². The van der Waals surface area contributed by atoms with Crippen molar-refractivity contribution >= 4 is 11.6 Å². The van der Waals surface area contributed by atoms with Crippen LogP contribution in [-0.4, -0.2) is 23.8 Å². The number of fused-ring (bicyclic) bond motifs is 1. The van der Waals surface area contributed by atoms with Crippen LogP contribution in [0.5, 0.6) is 11.5 Å². The van der Waals surface area contributed by atoms with Crippen molar-refractivity contribution < 1.29 is 19.4 Å². The molecule has 0 heterocycles. The number of rotatable bonds is 3. The monoisotopic (exact) mass is 366 g/mol. The fourth-order valence-electron chi connectivity index (χ4n) is 4.79. The van der Waals surface area contributed by atoms with Crippen LogP contribution in [0, 0.1) is 10.8 Å². The van der Waals surface area contributed by atoms with Gasteiger partial charge in [0.05, 0.1) is 12.5 Å². The van der Waals surface area contributed by atoms with E-state index in [0.717, 1.165) is 5.57 Å². The molecule has 1 aromatic rings. The second-order valence-corrected chi connectivity index (χ2v) is 7.89. The smallest absolute Gasteiger partial charge is 0.166 e. The second-order valence-electron chi connectivity index (χ2n) is 7.89. The highest BCUT2D eigenvalue weighted by Crippen LogP contribution is 2.63. The van der Waals surface area contributed by atoms with E-state index in [-0.39, 0.29) is 17.3 Å². The molecule has 3 rings (SSSR count). The van der Waals surface area contributed by atoms with Gasteiger partial charge in [0.2, 0.25) is 0 Å². The van der Waals surface area contributed by atoms with Crippen molar-refractivity contribution in [1.29, 1.82) is 0 Å². The molecule has 0 unspecified atom stereocenters. The Morgan fingerprint density at radius 1 is 1.19 bits per heavy atom. The van der Waals surface area contributed by atoms with Crippen LogP contribution in [0.15, 0.2) is 53.6 Å². The maximum atomic E-state index is 13.6. The molecule has 0 saturated heterocycles. The molecule has 0 aromatic heterocycles. The van der Waals surface area contributed by atoms with Gasteiger partial charge in [-0.3, -0.25) is 9.59 Å². The van der Waals surface area contributed by atoms with Gasteiger partial charge in [-0.05, 0) is 43.1 Å². The highest BCUT2D eigenvalue weighted by Gasteiger charge is 2.63. The van der Waals surface area contributed by atoms with Gasteiger partial charge in [-0.25, -0.2) is 0 Å². The molecule has 4 nitrogen and oxygen atoms in total. The number of para-hydroxylation sites is 1. The molecule has 4 heteroatoms. The lowest BCUT2D eigenvalue weighted by Gasteiger charge is -2.54. The Labute approximate surface area is 160 Å². The Morgan fingerprint density at radius 2 is 1.81 bits per heavy atom. The number of methoxy groups -OCH3 is 1. The number of aromatic hydroxyl groups is 1. The summed E-state index contributed by atoms with van der Waals surface area (Å²) in [6.07, 6.45) is 4.14. The fourth-order valence-corrected chi connectivity index (χ4v) is 4.79. The topological polar surface area (TPSA) is 63.6 Å². The van der Waals surface area contributed by atoms with Crippen molar-refractivity contribution in [2.24, 2.45) is 10.8 Å². The van der Waals surface area contributed by atoms with E-state index in [4.69, 9.17) is 4.74 Å². The lowest BCUT2D eigenvalue weighted by Crippen LogP contribution is -2.57. The molecule has 0 fully saturated rings. The molecule has 0 amide bonds. The number of carbonyl (C=O) groups excluding carboxylic acids is 2. The number of carbonyl (C=O) groups is 2. The van der Waals surface area contributed by atoms with Gasteiger partial charge < -0.3 is 9.84 Å². The molecule has 0 radical (unpaired) electrons. The van der Waals surface area contributed by atoms with Crippen LogP contribution in [0.4, 0.5) is 0 Å². The maximum absolute atomic E-state index is 13.6. The van der Waals surface area contributed by atoms with Crippen molar-refractivity contribution in [3.63, 3.8) is 0 Å². The van der Waals surface area contributed by atoms with E-state index in [1.165, 1.54) is 7.11 Å². The summed E-state index contributed by atoms with van der Waals surface area (Å²) in [5.74, 6) is -0.226. The first kappa shape index (κ1) is 19.2. The van der Waals surface area contributed by atoms with E-state index in [1.807, 2.05) is 19.9 Å². The van der Waals surface area contributed by atoms with Gasteiger partial charge in [-0.15, -0.1) is 0 Å². The number of benzene rings is 1. The Bertz CT molecular complexity index is 920. The van der Waals surface area contributed by atoms with Crippen molar-refractivity contribution in [2.45, 2.75) is 40.0 Å². The minimum Gasteiger partial charge on any atom is -0.504 e. The standard InChI is InChI=1S/C23H26O4/c1-7-15-11-12-22(4)20(25)13(2)14(3)21(26)23(22,5)18(15)16-9-8-10-17(27-6)19(16)24/h7-11,18,24H,1,12H2,2-6H3/t18-,22+,23-/m1/s1. The Kier molecular flexibility index (Phi) is 4.41. The third kappa shape index (κ3) is 2.29. The van der Waals surface area contributed by atoms with Crippen LogP contribution in [0.1, 0.15) is 45.6 Å². The van der Waals surface area contributed by atoms with E-state index in [1.54, 1.807) is 38.1 Å². The number of hydrogen-bond donors (Lipinski definition) is 1. The molecule has 1 N–H and O–H groups in total. The van der Waals surface area contributed by atoms with Crippen molar-refractivity contribution in [1.82, 2.24) is 0 Å². The second kappa shape index (κ2) is 6.22. The first-order chi connectivity index (χ1) is 12.6. The maximum Gasteiger partial charge on any atom is 0.166 e. The molecule has 0 bridgehead atoms. The van der Waals surface area contributed by atoms with E-state index in [9.17, 15) is 14.7 Å². The molecule has 27 heavy (non-hydrogen) atoms. The van der Waals surface area contributed by atoms with E-state index >= 15 is 0 Å². The molecule has 142 valence electrons. The Morgan fingerprint density at radius 3 is 2.41 bits per heavy atom. The molecule has 3 atom stereocenters. The van der Waals surface area contributed by atoms with Gasteiger partial charge in [0.15, 0.2) is 23.1 Å². The van der Waals surface area contributed by atoms with Crippen LogP contribution >= 0.6 is 0 Å². The van der Waals surface area contributed by atoms with Crippen molar-refractivity contribution in [3.05, 3.63) is 59.2 Å². The average molecular weight is 366 g/mol. The molecular formula is C23H26O4. The Balaban J connectivity index is 2.37. The molecule has 2 aliphatic rings. The molecule has 2 aliphatic carbocycles. The van der Waals surface area contributed by atoms with E-state index in [2.05, 4.69) is 6.58 Å². The van der Waals surface area contributed by atoms with Gasteiger partial charge in [0, 0.05) is 16.9 Å². The zero-order valence-electron chi connectivity index (χ0n) is 16.6. The molecule has 0 spiro atoms. The summed E-state index contributed by atoms with van der Waals surface area (Å²) >= 11 is 0. The predicted molar refractivity (Wildman–Crippen MR) is 105 cm³/mol. The third-order valence-electron chi connectivity index (χ3n) is 6.82. The highest BCUT2D eigenvalue weighted by atomic mass is 16.5. The van der Waals surface area contributed by atoms with Gasteiger partial charge >= 0.3 is 0 Å². The summed E-state index contributed by atoms with van der Waals surface area (Å²) in [5.41, 5.74) is 0.520. The first-order valence-electron chi connectivity index (χ1n) is 9.10. The van der Waals surface area contributed by atoms with Crippen LogP contribution in [-0.2, 0) is 9.59 Å². The fraction of sp³-hybridized carbons (Fsp3) is 0.391. The minimum absolute atomic E-state index is 0.00570. The number of phenols is 1. The number of Topliss-reactive ketones (excluding diaryl/α,β-unsaturated/α-hetero) is 2. The summed E-state index contributed by atoms with van der Waals surface area (Å²) in [6, 6.07) is 5.24. The zero-order chi connectivity index (χ0) is 20.1. The predicted octanol–water partition coefficient (Wildman–Crippen LogP) is 4.50. The lowest BCUT2D eigenvalue weighted by molar-refractivity contribution is -0.147. The van der Waals surface area contributed by atoms with E-state index < -0.39 is 16.7 Å². The highest BCUT2D eigenvalue weighted by molar-refractivity contribution is 6.17. The largest absolute Gasteiger partial charge is 0.504 e. The van der Waals surface area contributed by atoms with Gasteiger partial charge in [-0.2, -0.15) is 0 Å². The summed E-state index contributed by atoms with van der Waals surface area (Å²) in [6.45, 7) is 11.1. The average Bonchev–Trinajstić information content (AvgIpc) is 2.67. The zero-order valence-corrected chi connectivity index (χ0v) is 16.6. The van der Waals surface area contributed by atoms with E-state index in [0.29, 0.717) is 28.9 Å². The SMILES string of the molecule is C=CC1=CC[C@@]2(C)C(=O)C(C)=C(C)C(=O)[C@@]2(C)[C@H]1c1cccc(OC)c1O. The number of ketones is 2. The summed E-state index contributed by atoms with van der Waals surface area (Å²) in [5, 5.41) is 10.8. The van der Waals surface area contributed by atoms with Crippen LogP contribution in [0.3, 0.4) is 0 Å². The minimum atomic E-state index is -1.03. The number of hydrogen-bond acceptors (Lipinski definition) is 4. The van der Waals surface area contributed by atoms with Gasteiger partial charge in [-0.1, -0.05) is 44.7 Å². The quantitative estimate of drug-likeness (QED) is 0.855. The summed E-state index contributed by atoms with van der Waals surface area (Å²) in [7, 11) is 1.49. The number of allylic oxidation sites excluding steroid dienone is 5. The normalized spacial score (nSPS) is 30.7. The first-order valence-corrected chi connectivity index (χ1v) is 9.10. The van der Waals surface area contributed by atoms with Crippen molar-refractivity contribution in [2.75, 3.05) is 7.11 Å². The van der Waals surface area contributed by atoms with Crippen LogP contribution < -0.4 is 4.74 Å². The van der Waals surface area contributed by atoms with Gasteiger partial charge in [0.1, 0.15) is 0 Å². The third-order valence-corrected chi connectivity index (χ3v) is 6.82. The van der Waals surface area contributed by atoms with Crippen LogP contribution in [0.25, 0.3) is 0 Å². The molecular weight excluding hydrogens is 340 g/mol. The lowest BCUT2D eigenvalue weighted by atomic mass is 9.45. The number of ether oxygens (including phenoxy) is 1. The summed E-state index contributed by atoms with van der Waals surface area (Å²) < 4.78 is 5.27. The number of phenolic OH excluding ortho intramolecular Hbond substituents is 1. The molecule has 1 aromatic carbocycles. The van der Waals surface area contributed by atoms with Crippen LogP contribution in [0.2, 0.25) is 0 Å².